The molecule has 94 valence electrons. The molecule has 0 radical (unpaired) electrons. The lowest BCUT2D eigenvalue weighted by atomic mass is 9.86. The smallest absolute Gasteiger partial charge is 0.328 e. The molecular weight excluding hydrogens is 236 g/mol. The minimum absolute atomic E-state index is 0.101. The Hall–Kier alpha value is -1.02. The first kappa shape index (κ1) is 14.0. The number of halogens is 1. The molecule has 1 rings (SSSR count). The lowest BCUT2D eigenvalue weighted by molar-refractivity contribution is -0.142. The molecule has 1 atom stereocenters. The quantitative estimate of drug-likeness (QED) is 0.605. The van der Waals surface area contributed by atoms with Gasteiger partial charge in [-0.3, -0.25) is 4.79 Å². The molecule has 17 heavy (non-hydrogen) atoms. The van der Waals surface area contributed by atoms with Gasteiger partial charge < -0.3 is 4.74 Å². The van der Waals surface area contributed by atoms with Gasteiger partial charge >= 0.3 is 5.97 Å². The van der Waals surface area contributed by atoms with E-state index in [-0.39, 0.29) is 5.41 Å². The average molecular weight is 255 g/mol. The van der Waals surface area contributed by atoms with E-state index in [1.54, 1.807) is 6.92 Å². The van der Waals surface area contributed by atoms with Crippen molar-refractivity contribution in [3.05, 3.63) is 35.4 Å². The fourth-order valence-corrected chi connectivity index (χ4v) is 1.71. The molecule has 1 aromatic carbocycles. The summed E-state index contributed by atoms with van der Waals surface area (Å²) >= 11 is 6.03. The molecule has 0 fully saturated rings. The van der Waals surface area contributed by atoms with Crippen molar-refractivity contribution in [3.63, 3.8) is 0 Å². The first-order valence-corrected chi connectivity index (χ1v) is 6.21. The summed E-state index contributed by atoms with van der Waals surface area (Å²) in [4.78, 5) is 11.5. The van der Waals surface area contributed by atoms with Gasteiger partial charge in [0.2, 0.25) is 0 Å². The van der Waals surface area contributed by atoms with Crippen LogP contribution in [0.2, 0.25) is 0 Å². The monoisotopic (exact) mass is 254 g/mol. The number of carbonyl (C=O) groups excluding carboxylic acids is 1. The standard InChI is InChI=1S/C14H19ClO2/c1-5-17-13(16)12(15)10-6-8-11(9-7-10)14(2,3)4/h6-9,12H,5H2,1-4H3. The molecular formula is C14H19ClO2. The molecule has 0 heterocycles. The van der Waals surface area contributed by atoms with Crippen LogP contribution in [0.15, 0.2) is 24.3 Å². The molecule has 1 aromatic rings. The van der Waals surface area contributed by atoms with Crippen LogP contribution in [-0.2, 0) is 14.9 Å². The molecule has 0 saturated carbocycles. The molecule has 3 heteroatoms. The van der Waals surface area contributed by atoms with Crippen LogP contribution in [0.25, 0.3) is 0 Å². The Morgan fingerprint density at radius 2 is 1.82 bits per heavy atom. The fourth-order valence-electron chi connectivity index (χ4n) is 1.50. The second-order valence-electron chi connectivity index (χ2n) is 4.99. The lowest BCUT2D eigenvalue weighted by Gasteiger charge is -2.19. The zero-order valence-corrected chi connectivity index (χ0v) is 11.5. The molecule has 0 bridgehead atoms. The molecule has 0 aliphatic heterocycles. The number of hydrogen-bond donors (Lipinski definition) is 0. The van der Waals surface area contributed by atoms with Crippen molar-refractivity contribution < 1.29 is 9.53 Å². The average Bonchev–Trinajstić information content (AvgIpc) is 2.27. The van der Waals surface area contributed by atoms with Gasteiger partial charge in [-0.05, 0) is 23.5 Å². The highest BCUT2D eigenvalue weighted by atomic mass is 35.5. The van der Waals surface area contributed by atoms with Crippen LogP contribution in [0.1, 0.15) is 44.2 Å². The molecule has 0 aliphatic rings. The van der Waals surface area contributed by atoms with Crippen LogP contribution < -0.4 is 0 Å². The molecule has 0 amide bonds. The number of alkyl halides is 1. The molecule has 0 N–H and O–H groups in total. The highest BCUT2D eigenvalue weighted by molar-refractivity contribution is 6.29. The summed E-state index contributed by atoms with van der Waals surface area (Å²) in [5.41, 5.74) is 2.09. The minimum atomic E-state index is -0.719. The summed E-state index contributed by atoms with van der Waals surface area (Å²) in [5.74, 6) is -0.391. The van der Waals surface area contributed by atoms with Crippen LogP contribution >= 0.6 is 11.6 Å². The number of hydrogen-bond acceptors (Lipinski definition) is 2. The van der Waals surface area contributed by atoms with E-state index in [9.17, 15) is 4.79 Å². The third-order valence-corrected chi connectivity index (χ3v) is 2.99. The van der Waals surface area contributed by atoms with Gasteiger partial charge in [-0.15, -0.1) is 11.6 Å². The summed E-state index contributed by atoms with van der Waals surface area (Å²) in [5, 5.41) is -0.719. The number of ether oxygens (including phenoxy) is 1. The third-order valence-electron chi connectivity index (χ3n) is 2.56. The van der Waals surface area contributed by atoms with Gasteiger partial charge in [-0.2, -0.15) is 0 Å². The van der Waals surface area contributed by atoms with E-state index in [4.69, 9.17) is 16.3 Å². The zero-order valence-electron chi connectivity index (χ0n) is 10.8. The Morgan fingerprint density at radius 3 is 2.24 bits per heavy atom. The predicted molar refractivity (Wildman–Crippen MR) is 70.4 cm³/mol. The van der Waals surface area contributed by atoms with Crippen molar-refractivity contribution in [3.8, 4) is 0 Å². The van der Waals surface area contributed by atoms with Gasteiger partial charge in [0, 0.05) is 0 Å². The Labute approximate surface area is 108 Å². The van der Waals surface area contributed by atoms with E-state index >= 15 is 0 Å². The van der Waals surface area contributed by atoms with Crippen LogP contribution in [0.3, 0.4) is 0 Å². The van der Waals surface area contributed by atoms with Crippen molar-refractivity contribution in [2.75, 3.05) is 6.61 Å². The molecule has 0 aromatic heterocycles. The molecule has 2 nitrogen and oxygen atoms in total. The third kappa shape index (κ3) is 3.74. The van der Waals surface area contributed by atoms with Crippen LogP contribution in [0.5, 0.6) is 0 Å². The SMILES string of the molecule is CCOC(=O)C(Cl)c1ccc(C(C)(C)C)cc1. The second-order valence-corrected chi connectivity index (χ2v) is 5.42. The highest BCUT2D eigenvalue weighted by Gasteiger charge is 2.20. The van der Waals surface area contributed by atoms with Crippen molar-refractivity contribution in [2.24, 2.45) is 0 Å². The largest absolute Gasteiger partial charge is 0.465 e. The van der Waals surface area contributed by atoms with Gasteiger partial charge in [-0.25, -0.2) is 0 Å². The maximum Gasteiger partial charge on any atom is 0.328 e. The van der Waals surface area contributed by atoms with E-state index in [0.29, 0.717) is 6.61 Å². The van der Waals surface area contributed by atoms with Gasteiger partial charge in [0.1, 0.15) is 0 Å². The Morgan fingerprint density at radius 1 is 1.29 bits per heavy atom. The highest BCUT2D eigenvalue weighted by Crippen LogP contribution is 2.26. The van der Waals surface area contributed by atoms with E-state index in [1.165, 1.54) is 5.56 Å². The van der Waals surface area contributed by atoms with Crippen LogP contribution in [-0.4, -0.2) is 12.6 Å². The van der Waals surface area contributed by atoms with Gasteiger partial charge in [0.25, 0.3) is 0 Å². The molecule has 1 unspecified atom stereocenters. The minimum Gasteiger partial charge on any atom is -0.465 e. The first-order chi connectivity index (χ1) is 7.86. The Balaban J connectivity index is 2.84. The van der Waals surface area contributed by atoms with E-state index in [2.05, 4.69) is 20.8 Å². The Bertz CT molecular complexity index is 376. The normalized spacial score (nSPS) is 13.2. The molecule has 0 spiro atoms. The van der Waals surface area contributed by atoms with Gasteiger partial charge in [0.15, 0.2) is 5.38 Å². The second kappa shape index (κ2) is 5.54. The zero-order chi connectivity index (χ0) is 13.1. The van der Waals surface area contributed by atoms with Crippen LogP contribution in [0.4, 0.5) is 0 Å². The number of benzene rings is 1. The number of rotatable bonds is 3. The summed E-state index contributed by atoms with van der Waals surface area (Å²) < 4.78 is 4.88. The van der Waals surface area contributed by atoms with Gasteiger partial charge in [0.05, 0.1) is 6.61 Å². The van der Waals surface area contributed by atoms with Crippen molar-refractivity contribution in [1.82, 2.24) is 0 Å². The van der Waals surface area contributed by atoms with Crippen molar-refractivity contribution in [2.45, 2.75) is 38.5 Å². The van der Waals surface area contributed by atoms with Crippen molar-refractivity contribution in [1.29, 1.82) is 0 Å². The number of carbonyl (C=O) groups is 1. The topological polar surface area (TPSA) is 26.3 Å². The van der Waals surface area contributed by atoms with Crippen molar-refractivity contribution >= 4 is 17.6 Å². The summed E-state index contributed by atoms with van der Waals surface area (Å²) in [6.07, 6.45) is 0. The first-order valence-electron chi connectivity index (χ1n) is 5.77. The molecule has 0 saturated heterocycles. The van der Waals surface area contributed by atoms with E-state index in [0.717, 1.165) is 5.56 Å². The van der Waals surface area contributed by atoms with Gasteiger partial charge in [-0.1, -0.05) is 45.0 Å². The van der Waals surface area contributed by atoms with E-state index < -0.39 is 11.3 Å². The lowest BCUT2D eigenvalue weighted by Crippen LogP contribution is -2.13. The van der Waals surface area contributed by atoms with E-state index in [1.807, 2.05) is 24.3 Å². The number of esters is 1. The molecule has 0 aliphatic carbocycles. The van der Waals surface area contributed by atoms with Crippen LogP contribution in [0, 0.1) is 0 Å². The summed E-state index contributed by atoms with van der Waals surface area (Å²) in [6, 6.07) is 7.78. The summed E-state index contributed by atoms with van der Waals surface area (Å²) in [6.45, 7) is 8.55. The maximum absolute atomic E-state index is 11.5. The fraction of sp³-hybridized carbons (Fsp3) is 0.500. The Kier molecular flexibility index (Phi) is 4.58. The maximum atomic E-state index is 11.5. The predicted octanol–water partition coefficient (Wildman–Crippen LogP) is 3.83. The summed E-state index contributed by atoms with van der Waals surface area (Å²) in [7, 11) is 0.